The molecule has 8 heteroatoms. The lowest BCUT2D eigenvalue weighted by Gasteiger charge is -2.32. The van der Waals surface area contributed by atoms with Crippen molar-refractivity contribution in [1.82, 2.24) is 9.80 Å². The molecule has 2 aromatic rings. The molecule has 1 heterocycles. The average Bonchev–Trinajstić information content (AvgIpc) is 2.72. The molecule has 3 N–H and O–H groups in total. The molecule has 0 spiro atoms. The van der Waals surface area contributed by atoms with Crippen molar-refractivity contribution in [2.24, 2.45) is 0 Å². The number of amides is 3. The Bertz CT molecular complexity index is 949. The molecule has 0 unspecified atom stereocenters. The number of carbonyl (C=O) groups is 3. The van der Waals surface area contributed by atoms with Crippen molar-refractivity contribution < 1.29 is 14.4 Å². The van der Waals surface area contributed by atoms with Gasteiger partial charge in [-0.25, -0.2) is 0 Å². The number of likely N-dealkylation sites (N-methyl/N-ethyl adjacent to an activating group) is 1. The molecular weight excluding hydrogens is 406 g/mol. The number of nitrogens with zero attached hydrogens (tertiary/aromatic N) is 2. The molecule has 2 aromatic carbocycles. The smallest absolute Gasteiger partial charge is 0.255 e. The molecule has 1 fully saturated rings. The second kappa shape index (κ2) is 10.9. The van der Waals surface area contributed by atoms with E-state index in [-0.39, 0.29) is 17.7 Å². The highest BCUT2D eigenvalue weighted by atomic mass is 16.2. The van der Waals surface area contributed by atoms with Gasteiger partial charge in [0.05, 0.1) is 0 Å². The van der Waals surface area contributed by atoms with E-state index in [4.69, 9.17) is 0 Å². The third kappa shape index (κ3) is 7.18. The Morgan fingerprint density at radius 2 is 1.44 bits per heavy atom. The normalized spacial score (nSPS) is 14.6. The summed E-state index contributed by atoms with van der Waals surface area (Å²) in [5, 5.41) is 8.24. The van der Waals surface area contributed by atoms with Gasteiger partial charge < -0.3 is 25.8 Å². The van der Waals surface area contributed by atoms with Crippen molar-refractivity contribution in [3.63, 3.8) is 0 Å². The minimum atomic E-state index is -0.319. The summed E-state index contributed by atoms with van der Waals surface area (Å²) < 4.78 is 0. The van der Waals surface area contributed by atoms with Crippen LogP contribution in [0.25, 0.3) is 0 Å². The first-order chi connectivity index (χ1) is 15.3. The van der Waals surface area contributed by atoms with Gasteiger partial charge >= 0.3 is 0 Å². The van der Waals surface area contributed by atoms with E-state index in [1.807, 2.05) is 18.2 Å². The molecule has 8 nitrogen and oxygen atoms in total. The van der Waals surface area contributed by atoms with E-state index in [0.29, 0.717) is 22.6 Å². The highest BCUT2D eigenvalue weighted by molar-refractivity contribution is 6.06. The van der Waals surface area contributed by atoms with Gasteiger partial charge in [0.1, 0.15) is 0 Å². The van der Waals surface area contributed by atoms with Crippen molar-refractivity contribution in [2.45, 2.75) is 20.3 Å². The molecule has 3 rings (SSSR count). The van der Waals surface area contributed by atoms with Gasteiger partial charge in [-0.3, -0.25) is 14.4 Å². The van der Waals surface area contributed by atoms with Crippen LogP contribution in [0, 0.1) is 0 Å². The monoisotopic (exact) mass is 437 g/mol. The van der Waals surface area contributed by atoms with E-state index in [0.717, 1.165) is 44.7 Å². The Labute approximate surface area is 189 Å². The van der Waals surface area contributed by atoms with Crippen LogP contribution in [0.1, 0.15) is 29.8 Å². The molecule has 0 radical (unpaired) electrons. The summed E-state index contributed by atoms with van der Waals surface area (Å²) in [4.78, 5) is 40.6. The number of rotatable bonds is 7. The van der Waals surface area contributed by atoms with Gasteiger partial charge in [0.15, 0.2) is 0 Å². The van der Waals surface area contributed by atoms with E-state index in [2.05, 4.69) is 38.9 Å². The standard InChI is InChI=1S/C24H31N5O3/c1-17(30)25-22-14-20(15-23(16-22)26-18(2)31)24(32)27-21-6-4-5-19(13-21)7-8-29-11-9-28(3)10-12-29/h4-6,13-16H,7-12H2,1-3H3,(H,25,30)(H,26,31)(H,27,32). The Morgan fingerprint density at radius 1 is 0.812 bits per heavy atom. The predicted octanol–water partition coefficient (Wildman–Crippen LogP) is 2.65. The molecule has 0 atom stereocenters. The molecule has 0 saturated carbocycles. The third-order valence-corrected chi connectivity index (χ3v) is 5.33. The van der Waals surface area contributed by atoms with Crippen LogP contribution < -0.4 is 16.0 Å². The van der Waals surface area contributed by atoms with Crippen LogP contribution in [0.5, 0.6) is 0 Å². The lowest BCUT2D eigenvalue weighted by Crippen LogP contribution is -2.45. The molecule has 32 heavy (non-hydrogen) atoms. The van der Waals surface area contributed by atoms with Crippen molar-refractivity contribution in [3.05, 3.63) is 53.6 Å². The number of hydrogen-bond acceptors (Lipinski definition) is 5. The first kappa shape index (κ1) is 23.4. The van der Waals surface area contributed by atoms with Gasteiger partial charge in [-0.05, 0) is 49.4 Å². The molecule has 0 aliphatic carbocycles. The lowest BCUT2D eigenvalue weighted by molar-refractivity contribution is -0.115. The summed E-state index contributed by atoms with van der Waals surface area (Å²) in [5.74, 6) is -0.839. The van der Waals surface area contributed by atoms with E-state index < -0.39 is 0 Å². The molecule has 1 aliphatic rings. The number of nitrogens with one attached hydrogen (secondary N) is 3. The van der Waals surface area contributed by atoms with Crippen LogP contribution in [0.3, 0.4) is 0 Å². The Hall–Kier alpha value is -3.23. The zero-order valence-electron chi connectivity index (χ0n) is 18.9. The zero-order chi connectivity index (χ0) is 23.1. The van der Waals surface area contributed by atoms with Crippen molar-refractivity contribution in [1.29, 1.82) is 0 Å². The number of hydrogen-bond donors (Lipinski definition) is 3. The van der Waals surface area contributed by atoms with Gasteiger partial charge in [0.25, 0.3) is 5.91 Å². The molecule has 170 valence electrons. The summed E-state index contributed by atoms with van der Waals surface area (Å²) in [7, 11) is 2.15. The van der Waals surface area contributed by atoms with Gasteiger partial charge in [0, 0.05) is 69.2 Å². The maximum Gasteiger partial charge on any atom is 0.255 e. The van der Waals surface area contributed by atoms with E-state index in [9.17, 15) is 14.4 Å². The maximum atomic E-state index is 12.9. The minimum Gasteiger partial charge on any atom is -0.326 e. The highest BCUT2D eigenvalue weighted by Gasteiger charge is 2.14. The van der Waals surface area contributed by atoms with Crippen LogP contribution in [-0.2, 0) is 16.0 Å². The summed E-state index contributed by atoms with van der Waals surface area (Å²) in [6.45, 7) is 8.10. The summed E-state index contributed by atoms with van der Waals surface area (Å²) in [6, 6.07) is 12.6. The SMILES string of the molecule is CC(=O)Nc1cc(NC(C)=O)cc(C(=O)Nc2cccc(CCN3CCN(C)CC3)c2)c1. The summed E-state index contributed by atoms with van der Waals surface area (Å²) in [5.41, 5.74) is 3.08. The first-order valence-electron chi connectivity index (χ1n) is 10.8. The summed E-state index contributed by atoms with van der Waals surface area (Å²) in [6.07, 6.45) is 0.915. The fourth-order valence-electron chi connectivity index (χ4n) is 3.68. The second-order valence-corrected chi connectivity index (χ2v) is 8.21. The fourth-order valence-corrected chi connectivity index (χ4v) is 3.68. The van der Waals surface area contributed by atoms with E-state index in [1.54, 1.807) is 18.2 Å². The molecule has 0 aromatic heterocycles. The predicted molar refractivity (Wildman–Crippen MR) is 127 cm³/mol. The zero-order valence-corrected chi connectivity index (χ0v) is 18.9. The maximum absolute atomic E-state index is 12.9. The van der Waals surface area contributed by atoms with Crippen LogP contribution in [-0.4, -0.2) is 67.3 Å². The number of benzene rings is 2. The van der Waals surface area contributed by atoms with Gasteiger partial charge in [-0.2, -0.15) is 0 Å². The van der Waals surface area contributed by atoms with E-state index in [1.165, 1.54) is 13.8 Å². The Balaban J connectivity index is 1.67. The Morgan fingerprint density at radius 3 is 2.03 bits per heavy atom. The average molecular weight is 438 g/mol. The highest BCUT2D eigenvalue weighted by Crippen LogP contribution is 2.21. The van der Waals surface area contributed by atoms with Crippen LogP contribution in [0.15, 0.2) is 42.5 Å². The van der Waals surface area contributed by atoms with Gasteiger partial charge in [0.2, 0.25) is 11.8 Å². The minimum absolute atomic E-state index is 0.260. The van der Waals surface area contributed by atoms with Crippen molar-refractivity contribution in [3.8, 4) is 0 Å². The van der Waals surface area contributed by atoms with Crippen LogP contribution in [0.4, 0.5) is 17.1 Å². The molecule has 1 saturated heterocycles. The largest absolute Gasteiger partial charge is 0.326 e. The van der Waals surface area contributed by atoms with Crippen LogP contribution in [0.2, 0.25) is 0 Å². The number of piperazine rings is 1. The van der Waals surface area contributed by atoms with Crippen molar-refractivity contribution >= 4 is 34.8 Å². The molecule has 0 bridgehead atoms. The molecular formula is C24H31N5O3. The third-order valence-electron chi connectivity index (χ3n) is 5.33. The molecule has 3 amide bonds. The van der Waals surface area contributed by atoms with Crippen LogP contribution >= 0.6 is 0 Å². The molecule has 1 aliphatic heterocycles. The quantitative estimate of drug-likeness (QED) is 0.619. The second-order valence-electron chi connectivity index (χ2n) is 8.21. The lowest BCUT2D eigenvalue weighted by atomic mass is 10.1. The number of anilines is 3. The van der Waals surface area contributed by atoms with E-state index >= 15 is 0 Å². The van der Waals surface area contributed by atoms with Crippen molar-refractivity contribution in [2.75, 3.05) is 55.7 Å². The van der Waals surface area contributed by atoms with Gasteiger partial charge in [-0.15, -0.1) is 0 Å². The topological polar surface area (TPSA) is 93.8 Å². The first-order valence-corrected chi connectivity index (χ1v) is 10.8. The fraction of sp³-hybridized carbons (Fsp3) is 0.375. The number of carbonyl (C=O) groups excluding carboxylic acids is 3. The Kier molecular flexibility index (Phi) is 7.97. The summed E-state index contributed by atoms with van der Waals surface area (Å²) >= 11 is 0. The van der Waals surface area contributed by atoms with Gasteiger partial charge in [-0.1, -0.05) is 12.1 Å².